The first-order chi connectivity index (χ1) is 13.5. The summed E-state index contributed by atoms with van der Waals surface area (Å²) in [6.07, 6.45) is -1.17. The predicted molar refractivity (Wildman–Crippen MR) is 105 cm³/mol. The largest absolute Gasteiger partial charge is 0.497 e. The molecule has 2 rings (SSSR count). The number of carbonyl (C=O) groups excluding carboxylic acids is 3. The number of carbonyl (C=O) groups is 3. The van der Waals surface area contributed by atoms with E-state index in [0.29, 0.717) is 11.3 Å². The normalized spacial score (nSPS) is 27.1. The molecule has 1 N–H and O–H groups in total. The molecule has 0 bridgehead atoms. The van der Waals surface area contributed by atoms with E-state index in [4.69, 9.17) is 14.2 Å². The number of methoxy groups -OCH3 is 1. The molecule has 0 radical (unpaired) electrons. The number of ketones is 1. The minimum atomic E-state index is -1.66. The molecule has 0 saturated heterocycles. The summed E-state index contributed by atoms with van der Waals surface area (Å²) in [6.45, 7) is 8.21. The summed E-state index contributed by atoms with van der Waals surface area (Å²) in [5.41, 5.74) is -1.11. The van der Waals surface area contributed by atoms with E-state index in [1.807, 2.05) is 0 Å². The van der Waals surface area contributed by atoms with Gasteiger partial charge in [-0.15, -0.1) is 0 Å². The van der Waals surface area contributed by atoms with Gasteiger partial charge in [-0.2, -0.15) is 0 Å². The van der Waals surface area contributed by atoms with Crippen molar-refractivity contribution in [3.63, 3.8) is 0 Å². The minimum absolute atomic E-state index is 0.338. The highest BCUT2D eigenvalue weighted by Gasteiger charge is 2.57. The van der Waals surface area contributed by atoms with Crippen LogP contribution in [0.1, 0.15) is 52.5 Å². The van der Waals surface area contributed by atoms with Crippen molar-refractivity contribution in [1.29, 1.82) is 0 Å². The van der Waals surface area contributed by atoms with Crippen LogP contribution in [0.15, 0.2) is 24.3 Å². The zero-order chi connectivity index (χ0) is 21.9. The van der Waals surface area contributed by atoms with Crippen LogP contribution < -0.4 is 4.74 Å². The monoisotopic (exact) mass is 406 g/mol. The first kappa shape index (κ1) is 22.9. The Labute approximate surface area is 171 Å². The number of esters is 2. The summed E-state index contributed by atoms with van der Waals surface area (Å²) in [7, 11) is 1.52. The van der Waals surface area contributed by atoms with E-state index >= 15 is 0 Å². The van der Waals surface area contributed by atoms with Gasteiger partial charge in [0.1, 0.15) is 11.7 Å². The van der Waals surface area contributed by atoms with Crippen LogP contribution in [0.5, 0.6) is 5.75 Å². The fourth-order valence-corrected chi connectivity index (χ4v) is 3.85. The molecule has 7 nitrogen and oxygen atoms in total. The van der Waals surface area contributed by atoms with Crippen LogP contribution in [0.2, 0.25) is 0 Å². The molecular formula is C22H30O7. The summed E-state index contributed by atoms with van der Waals surface area (Å²) >= 11 is 0. The van der Waals surface area contributed by atoms with Gasteiger partial charge in [-0.3, -0.25) is 14.4 Å². The Morgan fingerprint density at radius 1 is 1.03 bits per heavy atom. The quantitative estimate of drug-likeness (QED) is 0.573. The van der Waals surface area contributed by atoms with E-state index in [-0.39, 0.29) is 6.42 Å². The molecule has 29 heavy (non-hydrogen) atoms. The highest BCUT2D eigenvalue weighted by atomic mass is 16.5. The maximum absolute atomic E-state index is 13.0. The maximum Gasteiger partial charge on any atom is 0.317 e. The number of benzene rings is 1. The molecule has 1 aromatic rings. The van der Waals surface area contributed by atoms with Crippen LogP contribution in [-0.4, -0.2) is 47.7 Å². The molecule has 1 aromatic carbocycles. The lowest BCUT2D eigenvalue weighted by Crippen LogP contribution is -2.55. The summed E-state index contributed by atoms with van der Waals surface area (Å²) < 4.78 is 15.9. The predicted octanol–water partition coefficient (Wildman–Crippen LogP) is 2.64. The molecule has 0 aromatic heterocycles. The molecule has 0 spiro atoms. The lowest BCUT2D eigenvalue weighted by molar-refractivity contribution is -0.176. The highest BCUT2D eigenvalue weighted by Crippen LogP contribution is 2.47. The second-order valence-electron chi connectivity index (χ2n) is 8.23. The van der Waals surface area contributed by atoms with Gasteiger partial charge in [-0.1, -0.05) is 12.1 Å². The van der Waals surface area contributed by atoms with E-state index < -0.39 is 53.3 Å². The van der Waals surface area contributed by atoms with Gasteiger partial charge in [-0.05, 0) is 52.3 Å². The molecule has 160 valence electrons. The van der Waals surface area contributed by atoms with Crippen molar-refractivity contribution in [2.45, 2.75) is 64.8 Å². The zero-order valence-corrected chi connectivity index (χ0v) is 17.8. The Bertz CT molecular complexity index is 741. The van der Waals surface area contributed by atoms with E-state index in [9.17, 15) is 19.5 Å². The third-order valence-corrected chi connectivity index (χ3v) is 4.98. The Morgan fingerprint density at radius 2 is 1.55 bits per heavy atom. The molecule has 7 heteroatoms. The minimum Gasteiger partial charge on any atom is -0.497 e. The van der Waals surface area contributed by atoms with Gasteiger partial charge in [0.25, 0.3) is 0 Å². The van der Waals surface area contributed by atoms with Crippen molar-refractivity contribution in [3.05, 3.63) is 29.8 Å². The summed E-state index contributed by atoms with van der Waals surface area (Å²) in [5, 5.41) is 11.0. The maximum atomic E-state index is 13.0. The summed E-state index contributed by atoms with van der Waals surface area (Å²) in [4.78, 5) is 38.7. The smallest absolute Gasteiger partial charge is 0.317 e. The van der Waals surface area contributed by atoms with Gasteiger partial charge in [0, 0.05) is 12.3 Å². The second kappa shape index (κ2) is 8.95. The van der Waals surface area contributed by atoms with E-state index in [1.165, 1.54) is 14.0 Å². The van der Waals surface area contributed by atoms with Crippen molar-refractivity contribution < 1.29 is 33.7 Å². The fourth-order valence-electron chi connectivity index (χ4n) is 3.85. The third kappa shape index (κ3) is 5.15. The SMILES string of the molecule is COc1ccc([C@@H]2[C@H](C(=O)OC(C)C)C(=O)C[C@](C)(O)[C@H]2C(=O)OC(C)C)cc1. The molecule has 0 unspecified atom stereocenters. The van der Waals surface area contributed by atoms with Gasteiger partial charge >= 0.3 is 11.9 Å². The molecular weight excluding hydrogens is 376 g/mol. The van der Waals surface area contributed by atoms with Gasteiger partial charge in [0.2, 0.25) is 0 Å². The fraction of sp³-hybridized carbons (Fsp3) is 0.591. The van der Waals surface area contributed by atoms with Crippen molar-refractivity contribution in [2.75, 3.05) is 7.11 Å². The lowest BCUT2D eigenvalue weighted by atomic mass is 9.61. The Kier molecular flexibility index (Phi) is 7.06. The molecule has 1 aliphatic carbocycles. The average molecular weight is 406 g/mol. The molecule has 0 aliphatic heterocycles. The number of Topliss-reactive ketones (excluding diaryl/α,β-unsaturated/α-hetero) is 1. The number of aliphatic hydroxyl groups is 1. The zero-order valence-electron chi connectivity index (χ0n) is 17.8. The third-order valence-electron chi connectivity index (χ3n) is 4.98. The number of rotatable bonds is 6. The van der Waals surface area contributed by atoms with Gasteiger partial charge in [-0.25, -0.2) is 0 Å². The Hall–Kier alpha value is -2.41. The topological polar surface area (TPSA) is 99.1 Å². The Morgan fingerprint density at radius 3 is 2.03 bits per heavy atom. The molecule has 1 saturated carbocycles. The van der Waals surface area contributed by atoms with Crippen molar-refractivity contribution >= 4 is 17.7 Å². The molecule has 0 heterocycles. The highest BCUT2D eigenvalue weighted by molar-refractivity contribution is 6.02. The number of ether oxygens (including phenoxy) is 3. The lowest BCUT2D eigenvalue weighted by Gasteiger charge is -2.44. The van der Waals surface area contributed by atoms with Gasteiger partial charge in [0.05, 0.1) is 30.8 Å². The van der Waals surface area contributed by atoms with Crippen molar-refractivity contribution in [3.8, 4) is 5.75 Å². The van der Waals surface area contributed by atoms with Crippen LogP contribution in [0, 0.1) is 11.8 Å². The van der Waals surface area contributed by atoms with Crippen LogP contribution >= 0.6 is 0 Å². The summed E-state index contributed by atoms with van der Waals surface area (Å²) in [5.74, 6) is -4.48. The molecule has 1 aliphatic rings. The van der Waals surface area contributed by atoms with E-state index in [2.05, 4.69) is 0 Å². The average Bonchev–Trinajstić information content (AvgIpc) is 2.58. The van der Waals surface area contributed by atoms with E-state index in [1.54, 1.807) is 52.0 Å². The van der Waals surface area contributed by atoms with Gasteiger partial charge in [0.15, 0.2) is 5.78 Å². The standard InChI is InChI=1S/C22H30O7/c1-12(2)28-20(24)18-16(23)11-22(5,26)19(21(25)29-13(3)4)17(18)14-7-9-15(27-6)10-8-14/h7-10,12-13,17-19,26H,11H2,1-6H3/t17-,18-,19-,22+/m1/s1. The molecule has 4 atom stereocenters. The van der Waals surface area contributed by atoms with Crippen LogP contribution in [-0.2, 0) is 23.9 Å². The summed E-state index contributed by atoms with van der Waals surface area (Å²) in [6, 6.07) is 6.73. The Balaban J connectivity index is 2.60. The number of hydrogen-bond donors (Lipinski definition) is 1. The molecule has 0 amide bonds. The van der Waals surface area contributed by atoms with E-state index in [0.717, 1.165) is 0 Å². The first-order valence-electron chi connectivity index (χ1n) is 9.78. The van der Waals surface area contributed by atoms with Crippen molar-refractivity contribution in [2.24, 2.45) is 11.8 Å². The molecule has 1 fully saturated rings. The van der Waals surface area contributed by atoms with Gasteiger partial charge < -0.3 is 19.3 Å². The van der Waals surface area contributed by atoms with Crippen LogP contribution in [0.25, 0.3) is 0 Å². The van der Waals surface area contributed by atoms with Crippen molar-refractivity contribution in [1.82, 2.24) is 0 Å². The van der Waals surface area contributed by atoms with Crippen LogP contribution in [0.3, 0.4) is 0 Å². The van der Waals surface area contributed by atoms with Crippen LogP contribution in [0.4, 0.5) is 0 Å². The second-order valence-corrected chi connectivity index (χ2v) is 8.23. The first-order valence-corrected chi connectivity index (χ1v) is 9.78. The number of hydrogen-bond acceptors (Lipinski definition) is 7.